The van der Waals surface area contributed by atoms with E-state index in [0.717, 1.165) is 101 Å². The lowest BCUT2D eigenvalue weighted by Crippen LogP contribution is -2.59. The topological polar surface area (TPSA) is 185 Å². The number of aromatic nitrogens is 3. The Morgan fingerprint density at radius 1 is 0.955 bits per heavy atom. The third-order valence-electron chi connectivity index (χ3n) is 15.3. The van der Waals surface area contributed by atoms with Crippen LogP contribution in [0.1, 0.15) is 118 Å². The summed E-state index contributed by atoms with van der Waals surface area (Å²) in [6.45, 7) is 10.6. The normalized spacial score (nSPS) is 22.5. The number of piperidine rings is 1. The lowest BCUT2D eigenvalue weighted by Gasteiger charge is -2.58. The lowest BCUT2D eigenvalue weighted by molar-refractivity contribution is -0.384. The zero-order valence-corrected chi connectivity index (χ0v) is 38.8. The SMILES string of the molecule is CC1OCCN(C2CC3(CCN(c4ccc(C(=O)NS(=O)(=O)c5cnc(NCC6CCC(C)(C)CC6)c([N+](=O)[O-])c5)c(Oc5cnc6[nH]ccc6c5)c4)CC3)C2)[C@@H]1c1ccccc1C1CC1. The van der Waals surface area contributed by atoms with Crippen molar-refractivity contribution in [3.05, 3.63) is 106 Å². The molecule has 2 atom stereocenters. The molecular weight excluding hydrogens is 857 g/mol. The maximum atomic E-state index is 14.0. The number of benzene rings is 2. The Balaban J connectivity index is 0.838. The van der Waals surface area contributed by atoms with Crippen LogP contribution in [0.5, 0.6) is 11.5 Å². The number of amides is 1. The summed E-state index contributed by atoms with van der Waals surface area (Å²) in [5.41, 5.74) is 4.49. The molecule has 1 spiro atoms. The fourth-order valence-electron chi connectivity index (χ4n) is 11.1. The maximum Gasteiger partial charge on any atom is 0.312 e. The van der Waals surface area contributed by atoms with Gasteiger partial charge in [0, 0.05) is 61.6 Å². The van der Waals surface area contributed by atoms with E-state index in [1.54, 1.807) is 30.6 Å². The smallest absolute Gasteiger partial charge is 0.312 e. The summed E-state index contributed by atoms with van der Waals surface area (Å²) in [7, 11) is -4.61. The van der Waals surface area contributed by atoms with Gasteiger partial charge in [0.25, 0.3) is 15.9 Å². The quantitative estimate of drug-likeness (QED) is 0.0752. The molecule has 5 fully saturated rings. The minimum Gasteiger partial charge on any atom is -0.455 e. The Bertz CT molecular complexity index is 2730. The number of hydrogen-bond acceptors (Lipinski definition) is 12. The van der Waals surface area contributed by atoms with Gasteiger partial charge in [-0.05, 0) is 129 Å². The molecule has 2 aromatic carbocycles. The first kappa shape index (κ1) is 44.3. The van der Waals surface area contributed by atoms with Crippen molar-refractivity contribution < 1.29 is 27.6 Å². The van der Waals surface area contributed by atoms with Crippen LogP contribution in [-0.2, 0) is 14.8 Å². The van der Waals surface area contributed by atoms with Crippen LogP contribution < -0.4 is 19.7 Å². The van der Waals surface area contributed by atoms with Crippen molar-refractivity contribution in [2.75, 3.05) is 43.0 Å². The number of nitrogens with one attached hydrogen (secondary N) is 3. The molecule has 2 aliphatic heterocycles. The Morgan fingerprint density at radius 2 is 1.71 bits per heavy atom. The molecule has 348 valence electrons. The van der Waals surface area contributed by atoms with E-state index in [0.29, 0.717) is 35.8 Å². The van der Waals surface area contributed by atoms with Crippen LogP contribution in [0.15, 0.2) is 84.1 Å². The molecule has 2 saturated heterocycles. The second kappa shape index (κ2) is 17.6. The van der Waals surface area contributed by atoms with Gasteiger partial charge in [0.15, 0.2) is 0 Å². The molecular formula is C50H60N8O7S. The number of rotatable bonds is 13. The number of carbonyl (C=O) groups is 1. The van der Waals surface area contributed by atoms with Crippen LogP contribution in [0.2, 0.25) is 0 Å². The molecule has 3 saturated carbocycles. The Morgan fingerprint density at radius 3 is 2.45 bits per heavy atom. The van der Waals surface area contributed by atoms with Gasteiger partial charge in [0.05, 0.1) is 41.6 Å². The number of ether oxygens (including phenoxy) is 2. The maximum absolute atomic E-state index is 14.0. The van der Waals surface area contributed by atoms with Crippen molar-refractivity contribution in [2.45, 2.75) is 114 Å². The fraction of sp³-hybridized carbons (Fsp3) is 0.500. The van der Waals surface area contributed by atoms with E-state index in [2.05, 4.69) is 79.8 Å². The van der Waals surface area contributed by atoms with E-state index in [4.69, 9.17) is 9.47 Å². The molecule has 10 rings (SSSR count). The monoisotopic (exact) mass is 916 g/mol. The van der Waals surface area contributed by atoms with Gasteiger partial charge in [0.2, 0.25) is 5.82 Å². The molecule has 3 N–H and O–H groups in total. The van der Waals surface area contributed by atoms with Crippen LogP contribution in [0.25, 0.3) is 11.0 Å². The number of aromatic amines is 1. The number of anilines is 2. The van der Waals surface area contributed by atoms with Crippen molar-refractivity contribution in [3.63, 3.8) is 0 Å². The Kier molecular flexibility index (Phi) is 11.8. The minimum absolute atomic E-state index is 0.0131. The molecule has 5 aliphatic rings. The van der Waals surface area contributed by atoms with Crippen LogP contribution in [0, 0.1) is 26.9 Å². The van der Waals surface area contributed by atoms with Gasteiger partial charge in [-0.15, -0.1) is 0 Å². The summed E-state index contributed by atoms with van der Waals surface area (Å²) in [6.07, 6.45) is 15.5. The number of nitrogens with zero attached hydrogens (tertiary/aromatic N) is 5. The summed E-state index contributed by atoms with van der Waals surface area (Å²) in [5.74, 6) is 0.548. The summed E-state index contributed by atoms with van der Waals surface area (Å²) in [5, 5.41) is 16.1. The van der Waals surface area contributed by atoms with E-state index in [9.17, 15) is 23.3 Å². The molecule has 5 heterocycles. The predicted octanol–water partition coefficient (Wildman–Crippen LogP) is 9.49. The van der Waals surface area contributed by atoms with Gasteiger partial charge >= 0.3 is 5.69 Å². The van der Waals surface area contributed by atoms with Crippen LogP contribution in [-0.4, -0.2) is 84.0 Å². The lowest BCUT2D eigenvalue weighted by atomic mass is 9.59. The third kappa shape index (κ3) is 9.11. The summed E-state index contributed by atoms with van der Waals surface area (Å²) in [4.78, 5) is 41.7. The molecule has 15 nitrogen and oxygen atoms in total. The second-order valence-electron chi connectivity index (χ2n) is 20.3. The number of sulfonamides is 1. The van der Waals surface area contributed by atoms with Crippen LogP contribution in [0.4, 0.5) is 17.2 Å². The largest absolute Gasteiger partial charge is 0.455 e. The Labute approximate surface area is 386 Å². The average Bonchev–Trinajstić information content (AvgIpc) is 4.04. The van der Waals surface area contributed by atoms with E-state index >= 15 is 0 Å². The molecule has 1 amide bonds. The van der Waals surface area contributed by atoms with Crippen LogP contribution >= 0.6 is 0 Å². The van der Waals surface area contributed by atoms with E-state index in [-0.39, 0.29) is 40.1 Å². The van der Waals surface area contributed by atoms with Gasteiger partial charge in [-0.25, -0.2) is 23.1 Å². The standard InChI is InChI=1S/C50H60N8O7S/c1-32-45(41-7-5-4-6-40(41)34-8-9-34)57(22-23-64-32)37-27-50(28-37)17-20-56(21-18-50)36-10-11-42(44(25-36)65-38-24-35-14-19-51-46(35)53-30-38)48(59)55-66(62,63)39-26-43(58(60)61)47(54-31-39)52-29-33-12-15-49(2,3)16-13-33/h4-7,10-11,14,19,24-26,30-34,37,45H,8-9,12-13,15-18,20-23,27-29H2,1-3H3,(H,51,53)(H,52,54)(H,55,59)/t32?,45-/m0/s1. The van der Waals surface area contributed by atoms with Gasteiger partial charge in [-0.3, -0.25) is 19.8 Å². The second-order valence-corrected chi connectivity index (χ2v) is 22.0. The molecule has 1 unspecified atom stereocenters. The van der Waals surface area contributed by atoms with Crippen molar-refractivity contribution >= 4 is 44.2 Å². The highest BCUT2D eigenvalue weighted by molar-refractivity contribution is 7.90. The highest BCUT2D eigenvalue weighted by atomic mass is 32.2. The number of hydrogen-bond donors (Lipinski definition) is 3. The van der Waals surface area contributed by atoms with E-state index in [1.165, 1.54) is 24.0 Å². The van der Waals surface area contributed by atoms with Crippen molar-refractivity contribution in [1.82, 2.24) is 24.6 Å². The highest BCUT2D eigenvalue weighted by Gasteiger charge is 2.51. The number of carbonyl (C=O) groups excluding carboxylic acids is 1. The van der Waals surface area contributed by atoms with Crippen molar-refractivity contribution in [2.24, 2.45) is 16.7 Å². The number of H-pyrrole nitrogens is 1. The highest BCUT2D eigenvalue weighted by Crippen LogP contribution is 2.54. The molecule has 16 heteroatoms. The molecule has 5 aromatic rings. The summed E-state index contributed by atoms with van der Waals surface area (Å²) < 4.78 is 42.3. The predicted molar refractivity (Wildman–Crippen MR) is 253 cm³/mol. The number of fused-ring (bicyclic) bond motifs is 1. The fourth-order valence-corrected chi connectivity index (χ4v) is 12.1. The average molecular weight is 917 g/mol. The van der Waals surface area contributed by atoms with Gasteiger partial charge in [-0.2, -0.15) is 0 Å². The number of pyridine rings is 2. The number of morpholine rings is 1. The van der Waals surface area contributed by atoms with Crippen LogP contribution in [0.3, 0.4) is 0 Å². The van der Waals surface area contributed by atoms with E-state index in [1.807, 2.05) is 12.1 Å². The van der Waals surface area contributed by atoms with Gasteiger partial charge < -0.3 is 24.7 Å². The minimum atomic E-state index is -4.61. The van der Waals surface area contributed by atoms with Crippen molar-refractivity contribution in [3.8, 4) is 11.5 Å². The van der Waals surface area contributed by atoms with Gasteiger partial charge in [-0.1, -0.05) is 38.1 Å². The summed E-state index contributed by atoms with van der Waals surface area (Å²) >= 11 is 0. The molecule has 0 bridgehead atoms. The first-order chi connectivity index (χ1) is 31.7. The Hall–Kier alpha value is -5.58. The summed E-state index contributed by atoms with van der Waals surface area (Å²) in [6, 6.07) is 19.5. The first-order valence-electron chi connectivity index (χ1n) is 23.6. The molecule has 3 aromatic heterocycles. The zero-order valence-electron chi connectivity index (χ0n) is 38.0. The van der Waals surface area contributed by atoms with E-state index < -0.39 is 31.4 Å². The molecule has 66 heavy (non-hydrogen) atoms. The first-order valence-corrected chi connectivity index (χ1v) is 25.1. The molecule has 3 aliphatic carbocycles. The van der Waals surface area contributed by atoms with Gasteiger partial charge in [0.1, 0.15) is 22.0 Å². The molecule has 0 radical (unpaired) electrons. The third-order valence-corrected chi connectivity index (χ3v) is 16.6. The number of nitro groups is 1. The zero-order chi connectivity index (χ0) is 45.8. The van der Waals surface area contributed by atoms with Crippen molar-refractivity contribution in [1.29, 1.82) is 0 Å².